The van der Waals surface area contributed by atoms with Crippen molar-refractivity contribution in [2.45, 2.75) is 63.7 Å². The summed E-state index contributed by atoms with van der Waals surface area (Å²) in [7, 11) is 0. The minimum absolute atomic E-state index is 0.0157. The molecular formula is C25H32O4Se. The average molecular weight is 475 g/mol. The second-order valence-corrected chi connectivity index (χ2v) is 10.1. The number of benzene rings is 2. The Labute approximate surface area is 186 Å². The van der Waals surface area contributed by atoms with Gasteiger partial charge in [-0.05, 0) is 0 Å². The van der Waals surface area contributed by atoms with E-state index in [0.29, 0.717) is 19.6 Å². The summed E-state index contributed by atoms with van der Waals surface area (Å²) in [6.07, 6.45) is 1.16. The monoisotopic (exact) mass is 476 g/mol. The van der Waals surface area contributed by atoms with Crippen molar-refractivity contribution in [1.29, 1.82) is 0 Å². The summed E-state index contributed by atoms with van der Waals surface area (Å²) in [5.41, 5.74) is 3.53. The topological polar surface area (TPSA) is 44.8 Å². The van der Waals surface area contributed by atoms with E-state index in [-0.39, 0.29) is 44.1 Å². The normalized spacial score (nSPS) is 21.1. The Hall–Kier alpha value is -1.65. The predicted octanol–water partition coefficient (Wildman–Crippen LogP) is 5.08. The first kappa shape index (κ1) is 23.0. The molecule has 30 heavy (non-hydrogen) atoms. The summed E-state index contributed by atoms with van der Waals surface area (Å²) in [4.78, 5) is 12.4. The summed E-state index contributed by atoms with van der Waals surface area (Å²) < 4.78 is 19.1. The van der Waals surface area contributed by atoms with Crippen molar-refractivity contribution < 1.29 is 19.0 Å². The van der Waals surface area contributed by atoms with Crippen LogP contribution in [0.3, 0.4) is 0 Å². The number of carbonyl (C=O) groups is 1. The number of ether oxygens (including phenoxy) is 3. The molecule has 0 amide bonds. The molecule has 0 aliphatic carbocycles. The van der Waals surface area contributed by atoms with Crippen molar-refractivity contribution >= 4 is 25.4 Å². The molecule has 0 saturated carbocycles. The van der Waals surface area contributed by atoms with Crippen LogP contribution in [-0.2, 0) is 19.0 Å². The minimum atomic E-state index is -0.196. The molecule has 4 atom stereocenters. The van der Waals surface area contributed by atoms with Crippen LogP contribution in [0.4, 0.5) is 0 Å². The Balaban J connectivity index is 1.98. The Morgan fingerprint density at radius 2 is 1.57 bits per heavy atom. The maximum atomic E-state index is 12.1. The summed E-state index contributed by atoms with van der Waals surface area (Å²) in [6.45, 7) is 9.63. The van der Waals surface area contributed by atoms with Crippen LogP contribution in [0, 0.1) is 0 Å². The predicted molar refractivity (Wildman–Crippen MR) is 120 cm³/mol. The molecule has 1 fully saturated rings. The number of carbonyl (C=O) groups excluding carboxylic acids is 1. The number of cyclic esters (lactones) is 1. The van der Waals surface area contributed by atoms with Gasteiger partial charge in [-0.1, -0.05) is 0 Å². The second kappa shape index (κ2) is 11.1. The van der Waals surface area contributed by atoms with E-state index in [2.05, 4.69) is 44.2 Å². The maximum absolute atomic E-state index is 12.1. The quantitative estimate of drug-likeness (QED) is 0.375. The fraction of sp³-hybridized carbons (Fsp3) is 0.480. The van der Waals surface area contributed by atoms with Crippen LogP contribution in [0.15, 0.2) is 48.5 Å². The number of hydrogen-bond donors (Lipinski definition) is 0. The van der Waals surface area contributed by atoms with Crippen molar-refractivity contribution in [3.05, 3.63) is 65.2 Å². The van der Waals surface area contributed by atoms with E-state index >= 15 is 0 Å². The van der Waals surface area contributed by atoms with E-state index in [4.69, 9.17) is 14.2 Å². The molecule has 0 spiro atoms. The van der Waals surface area contributed by atoms with Crippen LogP contribution in [0.2, 0.25) is 4.82 Å². The van der Waals surface area contributed by atoms with E-state index in [9.17, 15) is 4.79 Å². The number of rotatable bonds is 9. The van der Waals surface area contributed by atoms with Crippen LogP contribution in [0.25, 0.3) is 0 Å². The van der Waals surface area contributed by atoms with Crippen molar-refractivity contribution in [3.63, 3.8) is 0 Å². The van der Waals surface area contributed by atoms with Crippen molar-refractivity contribution in [1.82, 2.24) is 0 Å². The van der Waals surface area contributed by atoms with Crippen LogP contribution in [0.1, 0.15) is 75.5 Å². The SMILES string of the molecule is CCO[C@H](C)c1cccc([C@@H](C)OCC)c1[Se][C@@H]1CCC(=O)O[C@H]1c1ccccc1. The summed E-state index contributed by atoms with van der Waals surface area (Å²) in [6, 6.07) is 16.6. The first-order valence-electron chi connectivity index (χ1n) is 10.8. The molecule has 1 heterocycles. The third kappa shape index (κ3) is 5.53. The molecule has 0 aromatic heterocycles. The van der Waals surface area contributed by atoms with Crippen molar-refractivity contribution in [2.75, 3.05) is 13.2 Å². The van der Waals surface area contributed by atoms with E-state index in [0.717, 1.165) is 12.0 Å². The molecule has 0 N–H and O–H groups in total. The van der Waals surface area contributed by atoms with Gasteiger partial charge in [-0.15, -0.1) is 0 Å². The molecule has 2 aromatic rings. The number of hydrogen-bond acceptors (Lipinski definition) is 4. The zero-order valence-corrected chi connectivity index (χ0v) is 20.0. The molecule has 1 aliphatic heterocycles. The summed E-state index contributed by atoms with van der Waals surface area (Å²) >= 11 is 0.101. The fourth-order valence-corrected chi connectivity index (χ4v) is 7.30. The van der Waals surface area contributed by atoms with Gasteiger partial charge >= 0.3 is 186 Å². The van der Waals surface area contributed by atoms with Gasteiger partial charge in [0.25, 0.3) is 0 Å². The van der Waals surface area contributed by atoms with Gasteiger partial charge in [0.05, 0.1) is 0 Å². The Bertz CT molecular complexity index is 793. The van der Waals surface area contributed by atoms with Crippen molar-refractivity contribution in [2.24, 2.45) is 0 Å². The molecule has 1 aliphatic rings. The van der Waals surface area contributed by atoms with Gasteiger partial charge in [0.2, 0.25) is 0 Å². The van der Waals surface area contributed by atoms with E-state index in [1.54, 1.807) is 0 Å². The Kier molecular flexibility index (Phi) is 8.52. The zero-order chi connectivity index (χ0) is 21.5. The number of esters is 1. The van der Waals surface area contributed by atoms with E-state index < -0.39 is 0 Å². The van der Waals surface area contributed by atoms with Crippen LogP contribution >= 0.6 is 0 Å². The molecule has 4 nitrogen and oxygen atoms in total. The molecular weight excluding hydrogens is 443 g/mol. The van der Waals surface area contributed by atoms with Gasteiger partial charge in [0.1, 0.15) is 0 Å². The van der Waals surface area contributed by atoms with E-state index in [1.165, 1.54) is 15.6 Å². The molecule has 162 valence electrons. The molecule has 5 heteroatoms. The summed E-state index contributed by atoms with van der Waals surface area (Å²) in [5, 5.41) is 0. The Morgan fingerprint density at radius 1 is 0.967 bits per heavy atom. The third-order valence-corrected chi connectivity index (χ3v) is 8.54. The first-order chi connectivity index (χ1) is 14.5. The molecule has 0 bridgehead atoms. The molecule has 0 unspecified atom stereocenters. The van der Waals surface area contributed by atoms with Crippen molar-refractivity contribution in [3.8, 4) is 0 Å². The second-order valence-electron chi connectivity index (χ2n) is 7.48. The average Bonchev–Trinajstić information content (AvgIpc) is 2.76. The summed E-state index contributed by atoms with van der Waals surface area (Å²) in [5.74, 6) is -0.102. The Morgan fingerprint density at radius 3 is 2.13 bits per heavy atom. The van der Waals surface area contributed by atoms with Gasteiger partial charge in [0.15, 0.2) is 0 Å². The van der Waals surface area contributed by atoms with Crippen LogP contribution in [-0.4, -0.2) is 34.1 Å². The zero-order valence-electron chi connectivity index (χ0n) is 18.3. The van der Waals surface area contributed by atoms with Gasteiger partial charge < -0.3 is 0 Å². The molecule has 0 radical (unpaired) electrons. The van der Waals surface area contributed by atoms with Gasteiger partial charge in [-0.2, -0.15) is 0 Å². The van der Waals surface area contributed by atoms with Gasteiger partial charge in [-0.3, -0.25) is 0 Å². The molecule has 3 rings (SSSR count). The van der Waals surface area contributed by atoms with Gasteiger partial charge in [-0.25, -0.2) is 0 Å². The fourth-order valence-electron chi connectivity index (χ4n) is 3.91. The third-order valence-electron chi connectivity index (χ3n) is 5.41. The van der Waals surface area contributed by atoms with Crippen LogP contribution in [0.5, 0.6) is 0 Å². The first-order valence-corrected chi connectivity index (χ1v) is 12.7. The van der Waals surface area contributed by atoms with Gasteiger partial charge in [0, 0.05) is 0 Å². The molecule has 1 saturated heterocycles. The van der Waals surface area contributed by atoms with Crippen LogP contribution < -0.4 is 4.46 Å². The van der Waals surface area contributed by atoms with E-state index in [1.807, 2.05) is 32.0 Å². The standard InChI is InChI=1S/C25H32O4Se/c1-5-27-17(3)20-13-10-14-21(18(4)28-6-2)25(20)30-22-15-16-23(26)29-24(22)19-11-8-7-9-12-19/h7-14,17-18,22,24H,5-6,15-16H2,1-4H3/t17-,18-,22-,24+/m1/s1. The molecule has 2 aromatic carbocycles.